The van der Waals surface area contributed by atoms with Gasteiger partial charge in [0.05, 0.1) is 0 Å². The minimum absolute atomic E-state index is 0.208. The molecule has 49 heavy (non-hydrogen) atoms. The molecule has 0 amide bonds. The molecule has 2 aliphatic rings. The van der Waals surface area contributed by atoms with Crippen LogP contribution in [0.1, 0.15) is 148 Å². The Morgan fingerprint density at radius 2 is 1.43 bits per heavy atom. The predicted octanol–water partition coefficient (Wildman–Crippen LogP) is 11.0. The average molecular weight is 681 g/mol. The molecule has 1 saturated carbocycles. The topological polar surface area (TPSA) is 119 Å². The summed E-state index contributed by atoms with van der Waals surface area (Å²) in [7, 11) is 0. The van der Waals surface area contributed by atoms with Crippen LogP contribution in [-0.2, 0) is 14.4 Å². The molecule has 0 aromatic heterocycles. The lowest BCUT2D eigenvalue weighted by Gasteiger charge is -2.29. The van der Waals surface area contributed by atoms with Crippen LogP contribution in [0.4, 0.5) is 0 Å². The second kappa shape index (κ2) is 30.3. The first-order chi connectivity index (χ1) is 23.5. The highest BCUT2D eigenvalue weighted by Crippen LogP contribution is 2.26. The van der Waals surface area contributed by atoms with Gasteiger partial charge in [-0.2, -0.15) is 0 Å². The number of Topliss-reactive ketones (excluding diaryl/α,β-unsaturated/α-hetero) is 1. The fourth-order valence-corrected chi connectivity index (χ4v) is 5.32. The number of rotatable bonds is 8. The van der Waals surface area contributed by atoms with Gasteiger partial charge in [0.1, 0.15) is 17.9 Å². The summed E-state index contributed by atoms with van der Waals surface area (Å²) < 4.78 is 0. The largest absolute Gasteiger partial charge is 0.508 e. The molecule has 4 rings (SSSR count). The second-order valence-corrected chi connectivity index (χ2v) is 12.0. The molecule has 276 valence electrons. The fourth-order valence-electron chi connectivity index (χ4n) is 5.32. The van der Waals surface area contributed by atoms with E-state index in [0.717, 1.165) is 67.3 Å². The van der Waals surface area contributed by atoms with E-state index in [1.807, 2.05) is 65.8 Å². The van der Waals surface area contributed by atoms with Crippen molar-refractivity contribution in [1.29, 1.82) is 5.41 Å². The van der Waals surface area contributed by atoms with E-state index in [9.17, 15) is 14.7 Å². The van der Waals surface area contributed by atoms with E-state index in [4.69, 9.17) is 15.3 Å². The number of aromatic hydroxyl groups is 1. The quantitative estimate of drug-likeness (QED) is 0.110. The first-order valence-corrected chi connectivity index (χ1v) is 18.6. The third kappa shape index (κ3) is 22.5. The van der Waals surface area contributed by atoms with Gasteiger partial charge >= 0.3 is 5.97 Å². The standard InChI is InChI=1S/C15H20O2.C13H18N2.C8H14O2.C2H4O.2C2H6/c1-4-5-6-15(17)12(3)9-13-7-8-14(16)10-11(13)2;1-11-5-7-12(8-6-11)13(14)15-9-3-2-4-10-15;9-8(10)6-7-4-2-1-3-5-7;1-2-3;2*1-2/h7-10,16H,4-6H2,1-3H3;5-8,14H,2-4,9-10H2,1H3;7H,1-6H2,(H,9,10);2H,1H3;2*1-2H3/b12-9+;;;;;. The number of carboxylic acids is 1. The van der Waals surface area contributed by atoms with Crippen molar-refractivity contribution in [3.05, 3.63) is 70.3 Å². The molecule has 2 fully saturated rings. The van der Waals surface area contributed by atoms with Crippen molar-refractivity contribution < 1.29 is 24.6 Å². The maximum atomic E-state index is 11.8. The predicted molar refractivity (Wildman–Crippen MR) is 208 cm³/mol. The highest BCUT2D eigenvalue weighted by molar-refractivity contribution is 5.99. The number of aryl methyl sites for hydroxylation is 2. The number of hydrogen-bond acceptors (Lipinski definition) is 5. The van der Waals surface area contributed by atoms with Crippen LogP contribution in [0.3, 0.4) is 0 Å². The monoisotopic (exact) mass is 681 g/mol. The molecule has 2 aromatic rings. The van der Waals surface area contributed by atoms with Crippen LogP contribution in [0, 0.1) is 25.2 Å². The maximum absolute atomic E-state index is 11.8. The first-order valence-electron chi connectivity index (χ1n) is 18.6. The molecule has 0 atom stereocenters. The molecule has 3 N–H and O–H groups in total. The van der Waals surface area contributed by atoms with Gasteiger partial charge in [-0.05, 0) is 107 Å². The molecule has 7 nitrogen and oxygen atoms in total. The van der Waals surface area contributed by atoms with Crippen LogP contribution in [0.25, 0.3) is 6.08 Å². The zero-order chi connectivity index (χ0) is 37.6. The molecule has 1 aliphatic carbocycles. The van der Waals surface area contributed by atoms with Crippen LogP contribution >= 0.6 is 0 Å². The second-order valence-electron chi connectivity index (χ2n) is 12.0. The van der Waals surface area contributed by atoms with E-state index in [-0.39, 0.29) is 11.5 Å². The van der Waals surface area contributed by atoms with E-state index in [1.54, 1.807) is 12.1 Å². The van der Waals surface area contributed by atoms with E-state index in [0.29, 0.717) is 24.6 Å². The van der Waals surface area contributed by atoms with Crippen LogP contribution in [0.15, 0.2) is 48.0 Å². The number of unbranched alkanes of at least 4 members (excludes halogenated alkanes) is 1. The average Bonchev–Trinajstić information content (AvgIpc) is 3.11. The van der Waals surface area contributed by atoms with Gasteiger partial charge in [0.25, 0.3) is 0 Å². The van der Waals surface area contributed by atoms with Gasteiger partial charge in [0, 0.05) is 31.5 Å². The molecule has 1 saturated heterocycles. The number of phenolic OH excluding ortho intramolecular Hbond substituents is 1. The Balaban J connectivity index is 0. The molecule has 2 aromatic carbocycles. The minimum Gasteiger partial charge on any atom is -0.508 e. The van der Waals surface area contributed by atoms with Gasteiger partial charge in [-0.3, -0.25) is 15.0 Å². The Bertz CT molecular complexity index is 1210. The maximum Gasteiger partial charge on any atom is 0.303 e. The van der Waals surface area contributed by atoms with Crippen molar-refractivity contribution >= 4 is 30.0 Å². The molecule has 0 unspecified atom stereocenters. The van der Waals surface area contributed by atoms with Crippen LogP contribution in [0.2, 0.25) is 0 Å². The number of allylic oxidation sites excluding steroid dienone is 1. The van der Waals surface area contributed by atoms with E-state index >= 15 is 0 Å². The number of nitrogens with zero attached hydrogens (tertiary/aromatic N) is 1. The summed E-state index contributed by atoms with van der Waals surface area (Å²) in [6, 6.07) is 13.4. The van der Waals surface area contributed by atoms with Crippen molar-refractivity contribution in [1.82, 2.24) is 4.90 Å². The number of piperidine rings is 1. The normalized spacial score (nSPS) is 13.8. The van der Waals surface area contributed by atoms with E-state index in [2.05, 4.69) is 30.9 Å². The Morgan fingerprint density at radius 3 is 1.92 bits per heavy atom. The van der Waals surface area contributed by atoms with Gasteiger partial charge in [-0.1, -0.05) is 96.2 Å². The summed E-state index contributed by atoms with van der Waals surface area (Å²) in [6.45, 7) is 19.5. The first kappa shape index (κ1) is 47.4. The number of carbonyl (C=O) groups excluding carboxylic acids is 2. The molecule has 1 aliphatic heterocycles. The number of aliphatic carboxylic acids is 1. The van der Waals surface area contributed by atoms with Crippen LogP contribution in [0.5, 0.6) is 5.75 Å². The van der Waals surface area contributed by atoms with Crippen molar-refractivity contribution in [3.8, 4) is 5.75 Å². The Morgan fingerprint density at radius 1 is 0.898 bits per heavy atom. The van der Waals surface area contributed by atoms with Crippen molar-refractivity contribution in [3.63, 3.8) is 0 Å². The Kier molecular flexibility index (Phi) is 29.3. The third-order valence-electron chi connectivity index (χ3n) is 8.01. The number of likely N-dealkylation sites (tertiary alicyclic amines) is 1. The molecule has 7 heteroatoms. The Hall–Kier alpha value is -3.74. The SMILES string of the molecule is CC.CC.CC=O.CCCCC(=O)/C(C)=C/c1ccc(O)cc1C.Cc1ccc(C(=N)N2CCCCC2)cc1.O=C(O)CC1CCCCC1. The lowest BCUT2D eigenvalue weighted by atomic mass is 9.87. The summed E-state index contributed by atoms with van der Waals surface area (Å²) in [4.78, 5) is 33.0. The lowest BCUT2D eigenvalue weighted by Crippen LogP contribution is -2.35. The number of carboxylic acid groups (broad SMARTS) is 1. The molecule has 1 heterocycles. The van der Waals surface area contributed by atoms with Crippen molar-refractivity contribution in [2.24, 2.45) is 5.92 Å². The van der Waals surface area contributed by atoms with Crippen molar-refractivity contribution in [2.45, 2.75) is 139 Å². The highest BCUT2D eigenvalue weighted by atomic mass is 16.4. The van der Waals surface area contributed by atoms with Gasteiger partial charge < -0.3 is 19.9 Å². The molecule has 0 bridgehead atoms. The summed E-state index contributed by atoms with van der Waals surface area (Å²) in [5, 5.41) is 25.9. The minimum atomic E-state index is -0.632. The Labute approximate surface area is 298 Å². The lowest BCUT2D eigenvalue weighted by molar-refractivity contribution is -0.138. The summed E-state index contributed by atoms with van der Waals surface area (Å²) in [6.07, 6.45) is 15.4. The fraction of sp³-hybridized carbons (Fsp3) is 0.571. The van der Waals surface area contributed by atoms with E-state index in [1.165, 1.54) is 51.0 Å². The molecular formula is C42H68N2O5. The highest BCUT2D eigenvalue weighted by Gasteiger charge is 2.16. The summed E-state index contributed by atoms with van der Waals surface area (Å²) in [5.41, 5.74) is 5.05. The number of nitrogens with one attached hydrogen (secondary N) is 1. The third-order valence-corrected chi connectivity index (χ3v) is 8.01. The van der Waals surface area contributed by atoms with E-state index < -0.39 is 5.97 Å². The zero-order valence-electron chi connectivity index (χ0n) is 32.2. The van der Waals surface area contributed by atoms with Gasteiger partial charge in [0.15, 0.2) is 5.78 Å². The van der Waals surface area contributed by atoms with Crippen LogP contribution < -0.4 is 0 Å². The number of amidine groups is 1. The summed E-state index contributed by atoms with van der Waals surface area (Å²) >= 11 is 0. The molecular weight excluding hydrogens is 612 g/mol. The number of phenols is 1. The van der Waals surface area contributed by atoms with Crippen LogP contribution in [-0.4, -0.2) is 52.1 Å². The van der Waals surface area contributed by atoms with Gasteiger partial charge in [-0.15, -0.1) is 0 Å². The number of benzene rings is 2. The number of hydrogen-bond donors (Lipinski definition) is 3. The number of carbonyl (C=O) groups is 3. The molecule has 0 radical (unpaired) electrons. The smallest absolute Gasteiger partial charge is 0.303 e. The molecule has 0 spiro atoms. The van der Waals surface area contributed by atoms with Gasteiger partial charge in [-0.25, -0.2) is 0 Å². The number of ketones is 1. The summed E-state index contributed by atoms with van der Waals surface area (Å²) in [5.74, 6) is 1.00. The van der Waals surface area contributed by atoms with Crippen molar-refractivity contribution in [2.75, 3.05) is 13.1 Å². The zero-order valence-corrected chi connectivity index (χ0v) is 32.2. The number of aldehydes is 1. The van der Waals surface area contributed by atoms with Gasteiger partial charge in [0.2, 0.25) is 0 Å².